The van der Waals surface area contributed by atoms with Crippen LogP contribution in [0.3, 0.4) is 0 Å². The van der Waals surface area contributed by atoms with Crippen molar-refractivity contribution in [3.05, 3.63) is 95.9 Å². The fraction of sp³-hybridized carbons (Fsp3) is 0.379. The van der Waals surface area contributed by atoms with Gasteiger partial charge in [0.05, 0.1) is 6.54 Å². The number of piperazine rings is 1. The minimum Gasteiger partial charge on any atom is -0.414 e. The molecule has 2 aliphatic heterocycles. The Balaban J connectivity index is 1.30. The second kappa shape index (κ2) is 11.8. The normalized spacial score (nSPS) is 21.8. The van der Waals surface area contributed by atoms with Gasteiger partial charge < -0.3 is 26.1 Å². The van der Waals surface area contributed by atoms with Gasteiger partial charge in [-0.2, -0.15) is 11.0 Å². The number of benzene rings is 1. The van der Waals surface area contributed by atoms with E-state index >= 15 is 0 Å². The molecular weight excluding hydrogens is 490 g/mol. The first kappa shape index (κ1) is 26.6. The third-order valence-corrected chi connectivity index (χ3v) is 7.32. The minimum absolute atomic E-state index is 0.338. The lowest BCUT2D eigenvalue weighted by molar-refractivity contribution is 0.169. The number of allylic oxidation sites excluding steroid dienone is 2. The molecule has 0 amide bonds. The van der Waals surface area contributed by atoms with E-state index in [0.717, 1.165) is 43.2 Å². The van der Waals surface area contributed by atoms with E-state index in [1.807, 2.05) is 19.1 Å². The van der Waals surface area contributed by atoms with Gasteiger partial charge in [0.15, 0.2) is 5.82 Å². The first-order valence-corrected chi connectivity index (χ1v) is 13.5. The van der Waals surface area contributed by atoms with Crippen LogP contribution in [0.2, 0.25) is 0 Å². The number of anilines is 1. The van der Waals surface area contributed by atoms with Crippen LogP contribution in [0.25, 0.3) is 0 Å². The van der Waals surface area contributed by atoms with Crippen LogP contribution in [0.5, 0.6) is 0 Å². The Kier molecular flexibility index (Phi) is 8.04. The number of aromatic amines is 1. The maximum Gasteiger partial charge on any atom is 0.153 e. The molecule has 1 aromatic heterocycles. The number of aromatic nitrogens is 2. The molecule has 3 heterocycles. The number of aliphatic imine (C=N–C) groups is 1. The summed E-state index contributed by atoms with van der Waals surface area (Å²) in [6, 6.07) is 13.4. The smallest absolute Gasteiger partial charge is 0.153 e. The number of hydrogen-bond donors (Lipinski definition) is 5. The van der Waals surface area contributed by atoms with E-state index in [1.165, 1.54) is 18.4 Å². The monoisotopic (exact) mass is 529 g/mol. The van der Waals surface area contributed by atoms with Gasteiger partial charge in [0.1, 0.15) is 23.2 Å². The second-order valence-corrected chi connectivity index (χ2v) is 10.7. The van der Waals surface area contributed by atoms with Crippen molar-refractivity contribution in [1.82, 2.24) is 25.3 Å². The van der Waals surface area contributed by atoms with Gasteiger partial charge in [-0.15, -0.1) is 0 Å². The van der Waals surface area contributed by atoms with Crippen LogP contribution >= 0.6 is 0 Å². The zero-order chi connectivity index (χ0) is 27.4. The maximum atomic E-state index is 6.45. The van der Waals surface area contributed by atoms with E-state index in [9.17, 15) is 0 Å². The number of amidine groups is 1. The van der Waals surface area contributed by atoms with Gasteiger partial charge in [0.25, 0.3) is 0 Å². The zero-order valence-corrected chi connectivity index (χ0v) is 22.6. The Morgan fingerprint density at radius 1 is 1.21 bits per heavy atom. The summed E-state index contributed by atoms with van der Waals surface area (Å²) in [5, 5.41) is 13.9. The number of hydrogen-bond acceptors (Lipinski definition) is 8. The Bertz CT molecular complexity index is 1270. The second-order valence-electron chi connectivity index (χ2n) is 10.7. The van der Waals surface area contributed by atoms with Crippen LogP contribution in [0.4, 0.5) is 5.82 Å². The van der Waals surface area contributed by atoms with Crippen molar-refractivity contribution in [2.45, 2.75) is 50.7 Å². The summed E-state index contributed by atoms with van der Waals surface area (Å²) < 4.78 is 0. The number of rotatable bonds is 12. The van der Waals surface area contributed by atoms with Crippen LogP contribution in [0, 0.1) is 0 Å². The number of nitrogens with one attached hydrogen (secondary N) is 3. The predicted molar refractivity (Wildman–Crippen MR) is 155 cm³/mol. The van der Waals surface area contributed by atoms with Gasteiger partial charge in [-0.3, -0.25) is 10.00 Å². The van der Waals surface area contributed by atoms with Crippen molar-refractivity contribution in [1.29, 1.82) is 0 Å². The number of likely N-dealkylation sites (tertiary alicyclic amines) is 2. The molecule has 5 rings (SSSR count). The molecule has 0 spiro atoms. The summed E-state index contributed by atoms with van der Waals surface area (Å²) in [7, 11) is 0. The molecule has 3 fully saturated rings. The summed E-state index contributed by atoms with van der Waals surface area (Å²) >= 11 is 0. The van der Waals surface area contributed by atoms with Crippen molar-refractivity contribution in [2.24, 2.45) is 16.6 Å². The molecular formula is C29H39N9O. The van der Waals surface area contributed by atoms with Gasteiger partial charge in [-0.05, 0) is 37.8 Å². The van der Waals surface area contributed by atoms with Crippen LogP contribution in [0.15, 0.2) is 89.7 Å². The number of H-pyrrole nitrogens is 1. The molecule has 10 nitrogen and oxygen atoms in total. The fourth-order valence-electron chi connectivity index (χ4n) is 5.32. The number of nitrogens with zero attached hydrogens (tertiary/aromatic N) is 4. The van der Waals surface area contributed by atoms with Gasteiger partial charge in [-0.1, -0.05) is 49.1 Å². The van der Waals surface area contributed by atoms with E-state index in [1.54, 1.807) is 6.08 Å². The highest BCUT2D eigenvalue weighted by Crippen LogP contribution is 2.39. The van der Waals surface area contributed by atoms with Gasteiger partial charge >= 0.3 is 0 Å². The largest absolute Gasteiger partial charge is 0.414 e. The van der Waals surface area contributed by atoms with E-state index in [2.05, 4.69) is 74.1 Å². The highest BCUT2D eigenvalue weighted by atomic mass is 16.6. The molecule has 1 aliphatic carbocycles. The number of nitrogens with two attached hydrogens (primary N) is 2. The molecule has 1 aromatic carbocycles. The lowest BCUT2D eigenvalue weighted by Crippen LogP contribution is -2.48. The molecule has 2 saturated heterocycles. The standard InChI is InChI=1S/C29H39N9O/c1-19(2)11-25(39-31)15-32-20(3)33-29(14-27(30)34-28-13-26(35-36-28)22-9-10-22)38-18-23-12-24(38)17-37(23)16-21-7-5-4-6-8-21/h4-8,11,13-14,22-24,32H,1,3,9-10,12,15-18,30-31H2,2H3,(H2,34,35,36)/b25-11-,27-14+,33-29+/t23-,24-/m1/s1. The molecule has 2 bridgehead atoms. The lowest BCUT2D eigenvalue weighted by atomic mass is 10.2. The van der Waals surface area contributed by atoms with Crippen molar-refractivity contribution < 1.29 is 4.84 Å². The summed E-state index contributed by atoms with van der Waals surface area (Å²) in [5.41, 5.74) is 9.77. The summed E-state index contributed by atoms with van der Waals surface area (Å²) in [4.78, 5) is 14.7. The topological polar surface area (TPSA) is 133 Å². The average Bonchev–Trinajstić information content (AvgIpc) is 3.33. The molecule has 39 heavy (non-hydrogen) atoms. The predicted octanol–water partition coefficient (Wildman–Crippen LogP) is 3.27. The molecule has 3 aliphatic rings. The Morgan fingerprint density at radius 3 is 2.67 bits per heavy atom. The molecule has 1 saturated carbocycles. The molecule has 206 valence electrons. The van der Waals surface area contributed by atoms with E-state index in [0.29, 0.717) is 47.8 Å². The van der Waals surface area contributed by atoms with E-state index in [-0.39, 0.29) is 0 Å². The molecule has 2 atom stereocenters. The van der Waals surface area contributed by atoms with Crippen molar-refractivity contribution >= 4 is 11.7 Å². The highest BCUT2D eigenvalue weighted by Gasteiger charge is 2.44. The van der Waals surface area contributed by atoms with Crippen LogP contribution < -0.4 is 22.3 Å². The van der Waals surface area contributed by atoms with Crippen LogP contribution in [0.1, 0.15) is 43.4 Å². The average molecular weight is 530 g/mol. The van der Waals surface area contributed by atoms with Crippen LogP contribution in [-0.2, 0) is 11.4 Å². The Hall–Kier alpha value is -4.02. The zero-order valence-electron chi connectivity index (χ0n) is 22.6. The molecule has 2 aromatic rings. The first-order valence-electron chi connectivity index (χ1n) is 13.5. The fourth-order valence-corrected chi connectivity index (χ4v) is 5.32. The summed E-state index contributed by atoms with van der Waals surface area (Å²) in [6.45, 7) is 13.0. The van der Waals surface area contributed by atoms with Crippen molar-refractivity contribution in [3.63, 3.8) is 0 Å². The van der Waals surface area contributed by atoms with Crippen molar-refractivity contribution in [3.8, 4) is 0 Å². The lowest BCUT2D eigenvalue weighted by Gasteiger charge is -2.35. The van der Waals surface area contributed by atoms with E-state index in [4.69, 9.17) is 21.5 Å². The SMILES string of the molecule is C=C(C)/C=C(/CNC(=C)/N=C(\C=C(/N)Nc1cc(C2CC2)[nH]n1)N1C[C@H]2C[C@@H]1CN2Cc1ccccc1)ON. The molecule has 7 N–H and O–H groups in total. The summed E-state index contributed by atoms with van der Waals surface area (Å²) in [6.07, 6.45) is 7.13. The van der Waals surface area contributed by atoms with Crippen molar-refractivity contribution in [2.75, 3.05) is 25.0 Å². The Morgan fingerprint density at radius 2 is 2.00 bits per heavy atom. The third-order valence-electron chi connectivity index (χ3n) is 7.32. The van der Waals surface area contributed by atoms with Gasteiger partial charge in [0, 0.05) is 55.5 Å². The molecule has 0 unspecified atom stereocenters. The third kappa shape index (κ3) is 6.90. The molecule has 10 heteroatoms. The summed E-state index contributed by atoms with van der Waals surface area (Å²) in [5.74, 6) is 8.94. The first-order chi connectivity index (χ1) is 18.9. The number of fused-ring (bicyclic) bond motifs is 2. The Labute approximate surface area is 230 Å². The molecule has 0 radical (unpaired) electrons. The van der Waals surface area contributed by atoms with E-state index < -0.39 is 0 Å². The van der Waals surface area contributed by atoms with Gasteiger partial charge in [0.2, 0.25) is 0 Å². The highest BCUT2D eigenvalue weighted by molar-refractivity contribution is 5.95. The minimum atomic E-state index is 0.338. The maximum absolute atomic E-state index is 6.45. The van der Waals surface area contributed by atoms with Gasteiger partial charge in [-0.25, -0.2) is 4.99 Å². The quantitative estimate of drug-likeness (QED) is 0.0930. The van der Waals surface area contributed by atoms with Crippen LogP contribution in [-0.4, -0.2) is 57.6 Å².